The van der Waals surface area contributed by atoms with Gasteiger partial charge < -0.3 is 30.6 Å². The van der Waals surface area contributed by atoms with Gasteiger partial charge in [-0.25, -0.2) is 0 Å². The Hall–Kier alpha value is -1.80. The van der Waals surface area contributed by atoms with Gasteiger partial charge in [-0.3, -0.25) is 0 Å². The second-order valence-electron chi connectivity index (χ2n) is 9.44. The van der Waals surface area contributed by atoms with E-state index >= 15 is 0 Å². The highest BCUT2D eigenvalue weighted by Crippen LogP contribution is 2.29. The van der Waals surface area contributed by atoms with Crippen LogP contribution in [-0.4, -0.2) is 67.8 Å². The number of benzene rings is 2. The molecule has 0 heterocycles. The van der Waals surface area contributed by atoms with Gasteiger partial charge in [0.25, 0.3) is 0 Å². The molecule has 0 bridgehead atoms. The molecular weight excluding hydrogens is 432 g/mol. The molecule has 0 aliphatic rings. The van der Waals surface area contributed by atoms with Gasteiger partial charge in [0.05, 0.1) is 12.7 Å². The molecule has 6 heteroatoms. The number of aliphatic hydroxyl groups is 6. The minimum atomic E-state index is -1.80. The maximum atomic E-state index is 11.1. The van der Waals surface area contributed by atoms with Crippen LogP contribution in [0.2, 0.25) is 0 Å². The quantitative estimate of drug-likeness (QED) is 0.249. The molecule has 2 rings (SSSR count). The second kappa shape index (κ2) is 13.9. The van der Waals surface area contributed by atoms with E-state index in [2.05, 4.69) is 38.1 Å². The van der Waals surface area contributed by atoms with Crippen LogP contribution in [0.5, 0.6) is 0 Å². The highest BCUT2D eigenvalue weighted by Gasteiger charge is 2.38. The summed E-state index contributed by atoms with van der Waals surface area (Å²) in [6.45, 7) is 5.46. The lowest BCUT2D eigenvalue weighted by Crippen LogP contribution is -2.52. The lowest BCUT2D eigenvalue weighted by atomic mass is 9.77. The van der Waals surface area contributed by atoms with Crippen molar-refractivity contribution in [2.75, 3.05) is 6.61 Å². The van der Waals surface area contributed by atoms with Gasteiger partial charge in [0.15, 0.2) is 0 Å². The number of hydrogen-bond donors (Lipinski definition) is 6. The Morgan fingerprint density at radius 2 is 1.06 bits per heavy atom. The summed E-state index contributed by atoms with van der Waals surface area (Å²) in [5.41, 5.74) is 4.70. The van der Waals surface area contributed by atoms with E-state index in [9.17, 15) is 25.5 Å². The molecular formula is C28H42O6. The lowest BCUT2D eigenvalue weighted by Gasteiger charge is -2.35. The van der Waals surface area contributed by atoms with E-state index < -0.39 is 43.0 Å². The van der Waals surface area contributed by atoms with Crippen molar-refractivity contribution in [2.45, 2.75) is 83.4 Å². The van der Waals surface area contributed by atoms with Crippen LogP contribution < -0.4 is 0 Å². The molecule has 6 nitrogen and oxygen atoms in total. The Bertz CT molecular complexity index is 822. The summed E-state index contributed by atoms with van der Waals surface area (Å²) < 4.78 is 0. The molecule has 0 saturated carbocycles. The van der Waals surface area contributed by atoms with Crippen LogP contribution in [0.4, 0.5) is 0 Å². The average Bonchev–Trinajstić information content (AvgIpc) is 2.88. The standard InChI is InChI=1S/C28H42O6/c1-4-19-8-12-21(13-9-19)7-6-18(3)23(16-22-14-10-20(5-2)11-15-22)25(31)27(33)28(34)26(32)24(30)17-29/h8-15,18,23-34H,4-7,16-17H2,1-3H3/t18?,23?,24-,25?,26+,27+,28-/m0/s1. The molecule has 2 aromatic rings. The summed E-state index contributed by atoms with van der Waals surface area (Å²) in [6, 6.07) is 16.6. The predicted molar refractivity (Wildman–Crippen MR) is 133 cm³/mol. The van der Waals surface area contributed by atoms with Crippen LogP contribution >= 0.6 is 0 Å². The number of hydrogen-bond acceptors (Lipinski definition) is 6. The normalized spacial score (nSPS) is 18.0. The van der Waals surface area contributed by atoms with Crippen LogP contribution in [0.3, 0.4) is 0 Å². The van der Waals surface area contributed by atoms with E-state index in [0.717, 1.165) is 31.2 Å². The molecule has 0 fully saturated rings. The van der Waals surface area contributed by atoms with E-state index in [1.807, 2.05) is 31.2 Å². The molecule has 0 aromatic heterocycles. The van der Waals surface area contributed by atoms with Crippen LogP contribution in [-0.2, 0) is 25.7 Å². The Labute approximate surface area is 203 Å². The van der Waals surface area contributed by atoms with E-state index in [1.54, 1.807) is 0 Å². The summed E-state index contributed by atoms with van der Waals surface area (Å²) in [4.78, 5) is 0. The molecule has 34 heavy (non-hydrogen) atoms. The monoisotopic (exact) mass is 474 g/mol. The fourth-order valence-electron chi connectivity index (χ4n) is 4.38. The summed E-state index contributed by atoms with van der Waals surface area (Å²) >= 11 is 0. The van der Waals surface area contributed by atoms with Gasteiger partial charge in [0, 0.05) is 0 Å². The third kappa shape index (κ3) is 7.87. The molecule has 6 N–H and O–H groups in total. The molecule has 7 atom stereocenters. The van der Waals surface area contributed by atoms with E-state index in [-0.39, 0.29) is 5.92 Å². The molecule has 3 unspecified atom stereocenters. The van der Waals surface area contributed by atoms with Crippen molar-refractivity contribution in [2.24, 2.45) is 11.8 Å². The largest absolute Gasteiger partial charge is 0.394 e. The first-order chi connectivity index (χ1) is 16.2. The number of aryl methyl sites for hydroxylation is 3. The zero-order chi connectivity index (χ0) is 25.3. The summed E-state index contributed by atoms with van der Waals surface area (Å²) in [5, 5.41) is 60.9. The first-order valence-electron chi connectivity index (χ1n) is 12.4. The Morgan fingerprint density at radius 3 is 1.53 bits per heavy atom. The van der Waals surface area contributed by atoms with E-state index in [0.29, 0.717) is 6.42 Å². The maximum absolute atomic E-state index is 11.1. The van der Waals surface area contributed by atoms with E-state index in [1.165, 1.54) is 16.7 Å². The van der Waals surface area contributed by atoms with Gasteiger partial charge >= 0.3 is 0 Å². The first kappa shape index (κ1) is 28.4. The van der Waals surface area contributed by atoms with Crippen molar-refractivity contribution in [3.8, 4) is 0 Å². The maximum Gasteiger partial charge on any atom is 0.111 e. The van der Waals surface area contributed by atoms with Crippen LogP contribution in [0.15, 0.2) is 48.5 Å². The Balaban J connectivity index is 2.18. The third-order valence-electron chi connectivity index (χ3n) is 7.02. The van der Waals surface area contributed by atoms with Crippen molar-refractivity contribution in [1.29, 1.82) is 0 Å². The topological polar surface area (TPSA) is 121 Å². The Kier molecular flexibility index (Phi) is 11.6. The SMILES string of the molecule is CCc1ccc(CCC(C)C(Cc2ccc(CC)cc2)C(O)[C@@H](O)[C@@H](O)[C@H](O)[C@@H](O)CO)cc1. The predicted octanol–water partition coefficient (Wildman–Crippen LogP) is 2.04. The van der Waals surface area contributed by atoms with Gasteiger partial charge in [-0.05, 0) is 66.2 Å². The minimum Gasteiger partial charge on any atom is -0.394 e. The van der Waals surface area contributed by atoms with Crippen molar-refractivity contribution in [3.63, 3.8) is 0 Å². The summed E-state index contributed by atoms with van der Waals surface area (Å²) in [6.07, 6.45) is -4.21. The average molecular weight is 475 g/mol. The molecule has 0 spiro atoms. The fourth-order valence-corrected chi connectivity index (χ4v) is 4.38. The molecule has 0 radical (unpaired) electrons. The number of aliphatic hydroxyl groups excluding tert-OH is 6. The molecule has 0 aliphatic carbocycles. The Morgan fingerprint density at radius 1 is 0.618 bits per heavy atom. The van der Waals surface area contributed by atoms with Gasteiger partial charge in [0.2, 0.25) is 0 Å². The van der Waals surface area contributed by atoms with Gasteiger partial charge in [-0.2, -0.15) is 0 Å². The molecule has 2 aromatic carbocycles. The summed E-state index contributed by atoms with van der Waals surface area (Å²) in [5.74, 6) is -0.404. The van der Waals surface area contributed by atoms with Crippen molar-refractivity contribution >= 4 is 0 Å². The summed E-state index contributed by atoms with van der Waals surface area (Å²) in [7, 11) is 0. The first-order valence-corrected chi connectivity index (χ1v) is 12.4. The fraction of sp³-hybridized carbons (Fsp3) is 0.571. The molecule has 0 amide bonds. The van der Waals surface area contributed by atoms with Crippen LogP contribution in [0.25, 0.3) is 0 Å². The highest BCUT2D eigenvalue weighted by molar-refractivity contribution is 5.24. The zero-order valence-corrected chi connectivity index (χ0v) is 20.6. The third-order valence-corrected chi connectivity index (χ3v) is 7.02. The van der Waals surface area contributed by atoms with Crippen LogP contribution in [0.1, 0.15) is 49.4 Å². The van der Waals surface area contributed by atoms with Crippen molar-refractivity contribution in [3.05, 3.63) is 70.8 Å². The molecule has 0 aliphatic heterocycles. The zero-order valence-electron chi connectivity index (χ0n) is 20.6. The van der Waals surface area contributed by atoms with Gasteiger partial charge in [-0.1, -0.05) is 69.3 Å². The highest BCUT2D eigenvalue weighted by atomic mass is 16.4. The van der Waals surface area contributed by atoms with Crippen LogP contribution in [0, 0.1) is 11.8 Å². The van der Waals surface area contributed by atoms with E-state index in [4.69, 9.17) is 5.11 Å². The number of rotatable bonds is 14. The van der Waals surface area contributed by atoms with Gasteiger partial charge in [0.1, 0.15) is 24.4 Å². The second-order valence-corrected chi connectivity index (χ2v) is 9.44. The molecule has 0 saturated heterocycles. The smallest absolute Gasteiger partial charge is 0.111 e. The lowest BCUT2D eigenvalue weighted by molar-refractivity contribution is -0.152. The molecule has 190 valence electrons. The minimum absolute atomic E-state index is 0.00605. The van der Waals surface area contributed by atoms with Crippen molar-refractivity contribution in [1.82, 2.24) is 0 Å². The van der Waals surface area contributed by atoms with Crippen molar-refractivity contribution < 1.29 is 30.6 Å². The van der Waals surface area contributed by atoms with Gasteiger partial charge in [-0.15, -0.1) is 0 Å².